The Morgan fingerprint density at radius 1 is 0.435 bits per heavy atom. The topological polar surface area (TPSA) is 0 Å². The van der Waals surface area contributed by atoms with Gasteiger partial charge in [-0.1, -0.05) is 66.7 Å². The largest absolute Gasteiger partial charge is 0.0622 e. The second kappa shape index (κ2) is 7.49. The van der Waals surface area contributed by atoms with Crippen LogP contribution in [0.3, 0.4) is 0 Å². The molecule has 134 valence electrons. The van der Waals surface area contributed by atoms with Gasteiger partial charge in [-0.3, -0.25) is 0 Å². The van der Waals surface area contributed by atoms with E-state index in [4.69, 9.17) is 0 Å². The van der Waals surface area contributed by atoms with Crippen LogP contribution in [-0.4, -0.2) is 0 Å². The van der Waals surface area contributed by atoms with Crippen LogP contribution in [0.4, 0.5) is 0 Å². The minimum Gasteiger partial charge on any atom is -0.0622 e. The van der Waals surface area contributed by atoms with Crippen LogP contribution < -0.4 is 0 Å². The molecule has 0 N–H and O–H groups in total. The summed E-state index contributed by atoms with van der Waals surface area (Å²) in [6.07, 6.45) is 13.6. The van der Waals surface area contributed by atoms with Gasteiger partial charge < -0.3 is 0 Å². The third kappa shape index (κ3) is 3.67. The van der Waals surface area contributed by atoms with Crippen molar-refractivity contribution in [2.24, 2.45) is 53.3 Å². The Labute approximate surface area is 146 Å². The molecule has 0 heteroatoms. The normalized spacial score (nSPS) is 52.3. The minimum absolute atomic E-state index is 0.965. The zero-order valence-corrected chi connectivity index (χ0v) is 16.6. The number of hydrogen-bond acceptors (Lipinski definition) is 0. The first-order chi connectivity index (χ1) is 11.0. The molecule has 0 aromatic heterocycles. The van der Waals surface area contributed by atoms with Crippen molar-refractivity contribution in [1.82, 2.24) is 0 Å². The fraction of sp³-hybridized carbons (Fsp3) is 1.00. The number of hydrogen-bond donors (Lipinski definition) is 0. The zero-order chi connectivity index (χ0) is 16.6. The van der Waals surface area contributed by atoms with Gasteiger partial charge in [-0.15, -0.1) is 0 Å². The molecule has 3 rings (SSSR count). The van der Waals surface area contributed by atoms with Crippen molar-refractivity contribution < 1.29 is 0 Å². The molecule has 3 aliphatic carbocycles. The molecule has 0 heterocycles. The van der Waals surface area contributed by atoms with Gasteiger partial charge in [0.05, 0.1) is 0 Å². The molecule has 0 bridgehead atoms. The molecular formula is C23H42. The SMILES string of the molecule is CC1CCCC(C2CC(C3CCCCC3C)C(C)CC2C)C1C. The average molecular weight is 319 g/mol. The molecule has 3 saturated carbocycles. The van der Waals surface area contributed by atoms with Crippen molar-refractivity contribution >= 4 is 0 Å². The van der Waals surface area contributed by atoms with Gasteiger partial charge in [-0.05, 0) is 78.9 Å². The molecule has 0 nitrogen and oxygen atoms in total. The van der Waals surface area contributed by atoms with Crippen LogP contribution in [0, 0.1) is 53.3 Å². The van der Waals surface area contributed by atoms with Crippen molar-refractivity contribution in [2.75, 3.05) is 0 Å². The molecule has 0 spiro atoms. The fourth-order valence-electron chi connectivity index (χ4n) is 7.12. The predicted octanol–water partition coefficient (Wildman–Crippen LogP) is 7.18. The third-order valence-electron chi connectivity index (χ3n) is 8.80. The van der Waals surface area contributed by atoms with Gasteiger partial charge in [0.25, 0.3) is 0 Å². The molecular weight excluding hydrogens is 276 g/mol. The average Bonchev–Trinajstić information content (AvgIpc) is 2.52. The van der Waals surface area contributed by atoms with Crippen LogP contribution >= 0.6 is 0 Å². The Morgan fingerprint density at radius 2 is 1.00 bits per heavy atom. The molecule has 9 unspecified atom stereocenters. The van der Waals surface area contributed by atoms with Crippen molar-refractivity contribution in [2.45, 2.75) is 92.4 Å². The Kier molecular flexibility index (Phi) is 5.80. The molecule has 0 aromatic rings. The summed E-state index contributed by atoms with van der Waals surface area (Å²) in [5, 5.41) is 0. The first kappa shape index (κ1) is 17.8. The highest BCUT2D eigenvalue weighted by molar-refractivity contribution is 4.93. The monoisotopic (exact) mass is 318 g/mol. The predicted molar refractivity (Wildman–Crippen MR) is 101 cm³/mol. The van der Waals surface area contributed by atoms with Crippen LogP contribution in [0.15, 0.2) is 0 Å². The standard InChI is InChI=1S/C23H42/c1-15-10-8-12-21(19(15)5)23-14-22(17(3)13-18(23)4)20-11-7-6-9-16(20)2/h15-23H,6-14H2,1-5H3. The third-order valence-corrected chi connectivity index (χ3v) is 8.80. The van der Waals surface area contributed by atoms with Gasteiger partial charge in [0.1, 0.15) is 0 Å². The van der Waals surface area contributed by atoms with Gasteiger partial charge in [-0.2, -0.15) is 0 Å². The quantitative estimate of drug-likeness (QED) is 0.505. The van der Waals surface area contributed by atoms with E-state index in [-0.39, 0.29) is 0 Å². The van der Waals surface area contributed by atoms with Gasteiger partial charge in [-0.25, -0.2) is 0 Å². The van der Waals surface area contributed by atoms with Crippen LogP contribution in [0.5, 0.6) is 0 Å². The molecule has 9 atom stereocenters. The highest BCUT2D eigenvalue weighted by Crippen LogP contribution is 2.52. The van der Waals surface area contributed by atoms with Crippen LogP contribution in [0.25, 0.3) is 0 Å². The molecule has 0 amide bonds. The van der Waals surface area contributed by atoms with Crippen LogP contribution in [-0.2, 0) is 0 Å². The van der Waals surface area contributed by atoms with Crippen LogP contribution in [0.2, 0.25) is 0 Å². The second-order valence-electron chi connectivity index (χ2n) is 10.1. The maximum Gasteiger partial charge on any atom is -0.0354 e. The smallest absolute Gasteiger partial charge is 0.0354 e. The van der Waals surface area contributed by atoms with E-state index in [2.05, 4.69) is 34.6 Å². The maximum atomic E-state index is 2.59. The van der Waals surface area contributed by atoms with Crippen molar-refractivity contribution in [3.63, 3.8) is 0 Å². The van der Waals surface area contributed by atoms with E-state index in [1.807, 2.05) is 0 Å². The van der Waals surface area contributed by atoms with E-state index >= 15 is 0 Å². The Balaban J connectivity index is 1.73. The molecule has 3 aliphatic rings. The van der Waals surface area contributed by atoms with E-state index in [9.17, 15) is 0 Å². The molecule has 0 radical (unpaired) electrons. The summed E-state index contributed by atoms with van der Waals surface area (Å²) in [6.45, 7) is 12.8. The lowest BCUT2D eigenvalue weighted by molar-refractivity contribution is -0.00660. The lowest BCUT2D eigenvalue weighted by Gasteiger charge is -2.50. The van der Waals surface area contributed by atoms with Crippen LogP contribution in [0.1, 0.15) is 92.4 Å². The van der Waals surface area contributed by atoms with Gasteiger partial charge >= 0.3 is 0 Å². The van der Waals surface area contributed by atoms with Crippen molar-refractivity contribution in [3.05, 3.63) is 0 Å². The molecule has 0 aromatic carbocycles. The summed E-state index contributed by atoms with van der Waals surface area (Å²) in [6, 6.07) is 0. The molecule has 0 saturated heterocycles. The summed E-state index contributed by atoms with van der Waals surface area (Å²) < 4.78 is 0. The highest BCUT2D eigenvalue weighted by Gasteiger charge is 2.43. The summed E-state index contributed by atoms with van der Waals surface area (Å²) in [5.41, 5.74) is 0. The Morgan fingerprint density at radius 3 is 1.70 bits per heavy atom. The zero-order valence-electron chi connectivity index (χ0n) is 16.6. The summed E-state index contributed by atoms with van der Waals surface area (Å²) in [7, 11) is 0. The summed E-state index contributed by atoms with van der Waals surface area (Å²) in [5.74, 6) is 9.02. The van der Waals surface area contributed by atoms with E-state index in [1.165, 1.54) is 51.4 Å². The molecule has 3 fully saturated rings. The molecule has 0 aliphatic heterocycles. The minimum atomic E-state index is 0.965. The molecule has 23 heavy (non-hydrogen) atoms. The van der Waals surface area contributed by atoms with Crippen molar-refractivity contribution in [1.29, 1.82) is 0 Å². The Bertz CT molecular complexity index is 372. The second-order valence-corrected chi connectivity index (χ2v) is 10.1. The van der Waals surface area contributed by atoms with Crippen molar-refractivity contribution in [3.8, 4) is 0 Å². The van der Waals surface area contributed by atoms with E-state index in [0.717, 1.165) is 53.3 Å². The summed E-state index contributed by atoms with van der Waals surface area (Å²) >= 11 is 0. The number of rotatable bonds is 2. The first-order valence-corrected chi connectivity index (χ1v) is 11.0. The van der Waals surface area contributed by atoms with E-state index in [1.54, 1.807) is 6.42 Å². The van der Waals surface area contributed by atoms with E-state index in [0.29, 0.717) is 0 Å². The Hall–Kier alpha value is 0. The lowest BCUT2D eigenvalue weighted by atomic mass is 9.55. The highest BCUT2D eigenvalue weighted by atomic mass is 14.5. The fourth-order valence-corrected chi connectivity index (χ4v) is 7.12. The van der Waals surface area contributed by atoms with Gasteiger partial charge in [0.15, 0.2) is 0 Å². The van der Waals surface area contributed by atoms with Gasteiger partial charge in [0, 0.05) is 0 Å². The van der Waals surface area contributed by atoms with Gasteiger partial charge in [0.2, 0.25) is 0 Å². The lowest BCUT2D eigenvalue weighted by Crippen LogP contribution is -2.42. The van der Waals surface area contributed by atoms with E-state index < -0.39 is 0 Å². The summed E-state index contributed by atoms with van der Waals surface area (Å²) in [4.78, 5) is 0. The first-order valence-electron chi connectivity index (χ1n) is 11.0. The maximum absolute atomic E-state index is 2.59.